The zero-order valence-corrected chi connectivity index (χ0v) is 10.1. The lowest BCUT2D eigenvalue weighted by atomic mass is 9.98. The van der Waals surface area contributed by atoms with E-state index in [0.29, 0.717) is 5.66 Å². The first-order chi connectivity index (χ1) is 6.75. The fraction of sp³-hybridized carbons (Fsp3) is 1.00. The summed E-state index contributed by atoms with van der Waals surface area (Å²) in [6, 6.07) is 0. The molecule has 1 aliphatic heterocycles. The quantitative estimate of drug-likeness (QED) is 0.743. The molecule has 0 aliphatic carbocycles. The average Bonchev–Trinajstić information content (AvgIpc) is 2.27. The van der Waals surface area contributed by atoms with Gasteiger partial charge in [-0.05, 0) is 25.9 Å². The van der Waals surface area contributed by atoms with Gasteiger partial charge in [-0.2, -0.15) is 0 Å². The van der Waals surface area contributed by atoms with Gasteiger partial charge in [0.15, 0.2) is 0 Å². The molecular weight excluding hydrogens is 174 g/mol. The molecule has 1 heterocycles. The van der Waals surface area contributed by atoms with Gasteiger partial charge in [-0.15, -0.1) is 0 Å². The lowest BCUT2D eigenvalue weighted by Gasteiger charge is -2.53. The minimum absolute atomic E-state index is 0.300. The summed E-state index contributed by atoms with van der Waals surface area (Å²) in [7, 11) is 0. The van der Waals surface area contributed by atoms with Crippen LogP contribution in [0.4, 0.5) is 0 Å². The third-order valence-corrected chi connectivity index (χ3v) is 3.68. The van der Waals surface area contributed by atoms with Gasteiger partial charge in [-0.25, -0.2) is 0 Å². The highest BCUT2D eigenvalue weighted by atomic mass is 15.5. The van der Waals surface area contributed by atoms with E-state index in [1.807, 2.05) is 0 Å². The maximum Gasteiger partial charge on any atom is 0.0752 e. The third-order valence-electron chi connectivity index (χ3n) is 3.68. The second-order valence-electron chi connectivity index (χ2n) is 3.97. The summed E-state index contributed by atoms with van der Waals surface area (Å²) in [5.41, 5.74) is 0.300. The molecule has 1 aliphatic rings. The summed E-state index contributed by atoms with van der Waals surface area (Å²) >= 11 is 0. The average molecular weight is 199 g/mol. The van der Waals surface area contributed by atoms with Gasteiger partial charge in [0.2, 0.25) is 0 Å². The van der Waals surface area contributed by atoms with Crippen LogP contribution in [0.2, 0.25) is 0 Å². The topological polar surface area (TPSA) is 18.5 Å². The van der Waals surface area contributed by atoms with Crippen molar-refractivity contribution in [1.82, 2.24) is 15.1 Å². The van der Waals surface area contributed by atoms with Crippen LogP contribution in [-0.2, 0) is 0 Å². The van der Waals surface area contributed by atoms with Gasteiger partial charge in [-0.3, -0.25) is 15.1 Å². The molecule has 1 N–H and O–H groups in total. The zero-order valence-electron chi connectivity index (χ0n) is 10.1. The number of nitrogens with one attached hydrogen (secondary N) is 1. The van der Waals surface area contributed by atoms with Crippen molar-refractivity contribution in [3.63, 3.8) is 0 Å². The first kappa shape index (κ1) is 12.0. The summed E-state index contributed by atoms with van der Waals surface area (Å²) in [4.78, 5) is 5.11. The molecule has 0 unspecified atom stereocenters. The molecule has 0 spiro atoms. The van der Waals surface area contributed by atoms with Gasteiger partial charge in [0, 0.05) is 0 Å². The Morgan fingerprint density at radius 1 is 0.929 bits per heavy atom. The maximum absolute atomic E-state index is 3.46. The summed E-state index contributed by atoms with van der Waals surface area (Å²) < 4.78 is 0. The molecule has 3 nitrogen and oxygen atoms in total. The minimum Gasteiger partial charge on any atom is -0.291 e. The summed E-state index contributed by atoms with van der Waals surface area (Å²) in [6.07, 6.45) is 2.43. The molecule has 0 atom stereocenters. The number of hydrogen-bond donors (Lipinski definition) is 1. The summed E-state index contributed by atoms with van der Waals surface area (Å²) in [5, 5.41) is 3.46. The Morgan fingerprint density at radius 3 is 1.64 bits per heavy atom. The second kappa shape index (κ2) is 5.10. The second-order valence-corrected chi connectivity index (χ2v) is 3.97. The number of nitrogens with zero attached hydrogens (tertiary/aromatic N) is 2. The molecule has 0 amide bonds. The largest absolute Gasteiger partial charge is 0.291 e. The SMILES string of the molecule is CCN1CNCN(CC)C1(CC)CC. The van der Waals surface area contributed by atoms with Crippen molar-refractivity contribution in [3.05, 3.63) is 0 Å². The predicted octanol–water partition coefficient (Wildman–Crippen LogP) is 1.66. The van der Waals surface area contributed by atoms with Gasteiger partial charge in [-0.1, -0.05) is 27.7 Å². The van der Waals surface area contributed by atoms with E-state index in [-0.39, 0.29) is 0 Å². The van der Waals surface area contributed by atoms with Gasteiger partial charge >= 0.3 is 0 Å². The molecule has 1 saturated heterocycles. The minimum atomic E-state index is 0.300. The Balaban J connectivity index is 2.86. The van der Waals surface area contributed by atoms with Crippen LogP contribution in [-0.4, -0.2) is 41.9 Å². The van der Waals surface area contributed by atoms with E-state index in [1.54, 1.807) is 0 Å². The van der Waals surface area contributed by atoms with E-state index in [1.165, 1.54) is 12.8 Å². The molecule has 84 valence electrons. The standard InChI is InChI=1S/C11H25N3/c1-5-11(6-2)13(7-3)9-12-10-14(11)8-4/h12H,5-10H2,1-4H3. The smallest absolute Gasteiger partial charge is 0.0752 e. The van der Waals surface area contributed by atoms with Crippen LogP contribution in [0.25, 0.3) is 0 Å². The first-order valence-corrected chi connectivity index (χ1v) is 5.95. The van der Waals surface area contributed by atoms with E-state index >= 15 is 0 Å². The van der Waals surface area contributed by atoms with Gasteiger partial charge in [0.25, 0.3) is 0 Å². The van der Waals surface area contributed by atoms with E-state index in [2.05, 4.69) is 42.8 Å². The lowest BCUT2D eigenvalue weighted by molar-refractivity contribution is -0.103. The molecule has 0 radical (unpaired) electrons. The van der Waals surface area contributed by atoms with Gasteiger partial charge in [0.1, 0.15) is 0 Å². The molecule has 0 aromatic heterocycles. The van der Waals surface area contributed by atoms with E-state index in [0.717, 1.165) is 26.4 Å². The van der Waals surface area contributed by atoms with Crippen LogP contribution >= 0.6 is 0 Å². The predicted molar refractivity (Wildman–Crippen MR) is 60.9 cm³/mol. The Kier molecular flexibility index (Phi) is 4.35. The fourth-order valence-corrected chi connectivity index (χ4v) is 2.77. The monoisotopic (exact) mass is 199 g/mol. The highest BCUT2D eigenvalue weighted by Crippen LogP contribution is 2.29. The number of hydrogen-bond acceptors (Lipinski definition) is 3. The molecule has 3 heteroatoms. The van der Waals surface area contributed by atoms with Crippen LogP contribution in [0.1, 0.15) is 40.5 Å². The van der Waals surface area contributed by atoms with Crippen molar-refractivity contribution >= 4 is 0 Å². The Bertz CT molecular complexity index is 152. The van der Waals surface area contributed by atoms with Crippen molar-refractivity contribution in [2.75, 3.05) is 26.4 Å². The van der Waals surface area contributed by atoms with Crippen LogP contribution in [0.15, 0.2) is 0 Å². The fourth-order valence-electron chi connectivity index (χ4n) is 2.77. The van der Waals surface area contributed by atoms with Crippen LogP contribution in [0, 0.1) is 0 Å². The lowest BCUT2D eigenvalue weighted by Crippen LogP contribution is -2.68. The van der Waals surface area contributed by atoms with Crippen molar-refractivity contribution in [2.24, 2.45) is 0 Å². The Labute approximate surface area is 88.5 Å². The third kappa shape index (κ3) is 1.81. The van der Waals surface area contributed by atoms with Crippen LogP contribution in [0.3, 0.4) is 0 Å². The molecule has 0 aromatic carbocycles. The number of rotatable bonds is 4. The van der Waals surface area contributed by atoms with Crippen molar-refractivity contribution in [1.29, 1.82) is 0 Å². The van der Waals surface area contributed by atoms with Gasteiger partial charge in [0.05, 0.1) is 19.0 Å². The Morgan fingerprint density at radius 2 is 1.36 bits per heavy atom. The van der Waals surface area contributed by atoms with Crippen LogP contribution in [0.5, 0.6) is 0 Å². The molecule has 1 rings (SSSR count). The van der Waals surface area contributed by atoms with E-state index < -0.39 is 0 Å². The molecule has 1 fully saturated rings. The van der Waals surface area contributed by atoms with Crippen LogP contribution < -0.4 is 5.32 Å². The zero-order chi connectivity index (χ0) is 10.6. The molecule has 0 bridgehead atoms. The summed E-state index contributed by atoms with van der Waals surface area (Å²) in [5.74, 6) is 0. The molecule has 0 saturated carbocycles. The Hall–Kier alpha value is -0.120. The molecular formula is C11H25N3. The highest BCUT2D eigenvalue weighted by Gasteiger charge is 2.39. The van der Waals surface area contributed by atoms with Crippen molar-refractivity contribution in [2.45, 2.75) is 46.2 Å². The van der Waals surface area contributed by atoms with Crippen molar-refractivity contribution < 1.29 is 0 Å². The first-order valence-electron chi connectivity index (χ1n) is 5.95. The summed E-state index contributed by atoms with van der Waals surface area (Å²) in [6.45, 7) is 13.4. The normalized spacial score (nSPS) is 24.0. The highest BCUT2D eigenvalue weighted by molar-refractivity contribution is 4.90. The maximum atomic E-state index is 3.46. The van der Waals surface area contributed by atoms with E-state index in [4.69, 9.17) is 0 Å². The van der Waals surface area contributed by atoms with Gasteiger partial charge < -0.3 is 0 Å². The van der Waals surface area contributed by atoms with E-state index in [9.17, 15) is 0 Å². The molecule has 0 aromatic rings. The van der Waals surface area contributed by atoms with Crippen molar-refractivity contribution in [3.8, 4) is 0 Å². The molecule has 14 heavy (non-hydrogen) atoms.